The van der Waals surface area contributed by atoms with Gasteiger partial charge in [0.15, 0.2) is 21.5 Å². The molecular formula is C20H18ClF3N6O4S. The highest BCUT2D eigenvalue weighted by molar-refractivity contribution is 7.90. The minimum Gasteiger partial charge on any atom is -0.343 e. The Morgan fingerprint density at radius 3 is 2.43 bits per heavy atom. The van der Waals surface area contributed by atoms with Gasteiger partial charge in [0.05, 0.1) is 16.5 Å². The molecule has 0 bridgehead atoms. The van der Waals surface area contributed by atoms with Gasteiger partial charge in [-0.1, -0.05) is 11.6 Å². The molecule has 0 radical (unpaired) electrons. The van der Waals surface area contributed by atoms with E-state index in [0.717, 1.165) is 12.5 Å². The van der Waals surface area contributed by atoms with E-state index in [1.807, 2.05) is 0 Å². The molecule has 0 aliphatic heterocycles. The van der Waals surface area contributed by atoms with E-state index in [1.165, 1.54) is 41.3 Å². The van der Waals surface area contributed by atoms with E-state index >= 15 is 0 Å². The van der Waals surface area contributed by atoms with Crippen molar-refractivity contribution >= 4 is 33.3 Å². The second-order valence-electron chi connectivity index (χ2n) is 7.38. The van der Waals surface area contributed by atoms with Gasteiger partial charge in [0.2, 0.25) is 0 Å². The van der Waals surface area contributed by atoms with Gasteiger partial charge in [0.1, 0.15) is 12.9 Å². The Labute approximate surface area is 202 Å². The number of pyridine rings is 1. The molecule has 0 aliphatic rings. The molecule has 0 saturated carbocycles. The van der Waals surface area contributed by atoms with Crippen LogP contribution in [-0.2, 0) is 9.84 Å². The molecule has 0 aliphatic carbocycles. The number of alkyl halides is 3. The van der Waals surface area contributed by atoms with Crippen LogP contribution in [0.1, 0.15) is 39.5 Å². The summed E-state index contributed by atoms with van der Waals surface area (Å²) in [5, 5.41) is 8.51. The fourth-order valence-electron chi connectivity index (χ4n) is 2.90. The first kappa shape index (κ1) is 26.1. The smallest absolute Gasteiger partial charge is 0.343 e. The third-order valence-electron chi connectivity index (χ3n) is 4.55. The maximum Gasteiger partial charge on any atom is 0.405 e. The number of amides is 2. The van der Waals surface area contributed by atoms with E-state index in [0.29, 0.717) is 0 Å². The zero-order chi connectivity index (χ0) is 26.0. The van der Waals surface area contributed by atoms with Crippen molar-refractivity contribution in [1.82, 2.24) is 30.4 Å². The van der Waals surface area contributed by atoms with E-state index < -0.39 is 40.4 Å². The van der Waals surface area contributed by atoms with E-state index in [9.17, 15) is 31.2 Å². The van der Waals surface area contributed by atoms with Crippen LogP contribution in [0.4, 0.5) is 13.2 Å². The predicted molar refractivity (Wildman–Crippen MR) is 118 cm³/mol. The molecule has 2 heterocycles. The third kappa shape index (κ3) is 6.76. The van der Waals surface area contributed by atoms with Crippen LogP contribution >= 0.6 is 11.6 Å². The number of hydrogen-bond acceptors (Lipinski definition) is 7. The summed E-state index contributed by atoms with van der Waals surface area (Å²) in [6.45, 7) is 0.121. The number of carbonyl (C=O) groups excluding carboxylic acids is 2. The van der Waals surface area contributed by atoms with Gasteiger partial charge >= 0.3 is 6.18 Å². The minimum atomic E-state index is -4.54. The summed E-state index contributed by atoms with van der Waals surface area (Å²) in [4.78, 5) is 32.6. The van der Waals surface area contributed by atoms with Crippen molar-refractivity contribution < 1.29 is 31.2 Å². The summed E-state index contributed by atoms with van der Waals surface area (Å²) in [6, 6.07) is 5.62. The molecular weight excluding hydrogens is 513 g/mol. The lowest BCUT2D eigenvalue weighted by atomic mass is 10.2. The normalized spacial score (nSPS) is 12.7. The van der Waals surface area contributed by atoms with Gasteiger partial charge in [0.25, 0.3) is 11.8 Å². The summed E-state index contributed by atoms with van der Waals surface area (Å²) < 4.78 is 61.8. The second-order valence-corrected chi connectivity index (χ2v) is 9.83. The molecule has 0 unspecified atom stereocenters. The van der Waals surface area contributed by atoms with Gasteiger partial charge in [0, 0.05) is 23.0 Å². The number of sulfone groups is 1. The van der Waals surface area contributed by atoms with Crippen molar-refractivity contribution in [3.8, 4) is 5.82 Å². The Bertz CT molecular complexity index is 1360. The second kappa shape index (κ2) is 10.00. The Kier molecular flexibility index (Phi) is 7.45. The molecule has 3 aromatic rings. The van der Waals surface area contributed by atoms with Gasteiger partial charge in [-0.3, -0.25) is 9.59 Å². The fraction of sp³-hybridized carbons (Fsp3) is 0.250. The molecule has 10 nitrogen and oxygen atoms in total. The van der Waals surface area contributed by atoms with Gasteiger partial charge < -0.3 is 10.6 Å². The van der Waals surface area contributed by atoms with Crippen LogP contribution in [0, 0.1) is 0 Å². The molecule has 2 amide bonds. The highest BCUT2D eigenvalue weighted by Gasteiger charge is 2.28. The van der Waals surface area contributed by atoms with Crippen molar-refractivity contribution in [2.45, 2.75) is 24.0 Å². The van der Waals surface area contributed by atoms with Crippen molar-refractivity contribution in [1.29, 1.82) is 0 Å². The molecule has 1 aromatic carbocycles. The topological polar surface area (TPSA) is 136 Å². The fourth-order valence-corrected chi connectivity index (χ4v) is 3.88. The highest BCUT2D eigenvalue weighted by atomic mass is 35.5. The van der Waals surface area contributed by atoms with Gasteiger partial charge in [-0.25, -0.2) is 18.4 Å². The maximum atomic E-state index is 12.7. The number of halogens is 4. The Morgan fingerprint density at radius 2 is 1.83 bits per heavy atom. The first-order valence-corrected chi connectivity index (χ1v) is 12.0. The molecule has 3 rings (SSSR count). The highest BCUT2D eigenvalue weighted by Crippen LogP contribution is 2.21. The largest absolute Gasteiger partial charge is 0.405 e. The first-order valence-electron chi connectivity index (χ1n) is 9.77. The van der Waals surface area contributed by atoms with Crippen LogP contribution in [-0.4, -0.2) is 59.0 Å². The molecule has 1 atom stereocenters. The minimum absolute atomic E-state index is 0.0168. The molecule has 35 heavy (non-hydrogen) atoms. The monoisotopic (exact) mass is 530 g/mol. The Balaban J connectivity index is 1.76. The van der Waals surface area contributed by atoms with Crippen LogP contribution < -0.4 is 10.6 Å². The summed E-state index contributed by atoms with van der Waals surface area (Å²) in [7, 11) is -3.60. The maximum absolute atomic E-state index is 12.7. The van der Waals surface area contributed by atoms with Crippen molar-refractivity contribution in [2.75, 3.05) is 12.8 Å². The average Bonchev–Trinajstić information content (AvgIpc) is 3.26. The van der Waals surface area contributed by atoms with Crippen molar-refractivity contribution in [3.63, 3.8) is 0 Å². The number of rotatable bonds is 7. The Hall–Kier alpha value is -3.52. The molecule has 0 fully saturated rings. The van der Waals surface area contributed by atoms with E-state index in [1.54, 1.807) is 12.2 Å². The lowest BCUT2D eigenvalue weighted by molar-refractivity contribution is -0.123. The summed E-state index contributed by atoms with van der Waals surface area (Å²) in [6.07, 6.45) is -1.28. The van der Waals surface area contributed by atoms with Crippen LogP contribution in [0.5, 0.6) is 0 Å². The van der Waals surface area contributed by atoms with Crippen molar-refractivity contribution in [2.24, 2.45) is 0 Å². The van der Waals surface area contributed by atoms with Crippen LogP contribution in [0.15, 0.2) is 47.8 Å². The Morgan fingerprint density at radius 1 is 1.11 bits per heavy atom. The predicted octanol–water partition coefficient (Wildman–Crippen LogP) is 2.50. The molecule has 2 aromatic heterocycles. The van der Waals surface area contributed by atoms with Crippen molar-refractivity contribution in [3.05, 3.63) is 64.8 Å². The van der Waals surface area contributed by atoms with Crippen LogP contribution in [0.25, 0.3) is 5.82 Å². The average molecular weight is 531 g/mol. The van der Waals surface area contributed by atoms with Crippen LogP contribution in [0.3, 0.4) is 0 Å². The van der Waals surface area contributed by atoms with E-state index in [2.05, 4.69) is 20.4 Å². The quantitative estimate of drug-likeness (QED) is 0.479. The molecule has 186 valence electrons. The number of benzene rings is 1. The lowest BCUT2D eigenvalue weighted by Crippen LogP contribution is -2.33. The van der Waals surface area contributed by atoms with Gasteiger partial charge in [-0.15, -0.1) is 0 Å². The summed E-state index contributed by atoms with van der Waals surface area (Å²) >= 11 is 5.96. The molecule has 0 saturated heterocycles. The summed E-state index contributed by atoms with van der Waals surface area (Å²) in [5.74, 6) is -1.14. The zero-order valence-corrected chi connectivity index (χ0v) is 19.7. The van der Waals surface area contributed by atoms with Crippen LogP contribution in [0.2, 0.25) is 5.02 Å². The molecule has 15 heteroatoms. The van der Waals surface area contributed by atoms with E-state index in [-0.39, 0.29) is 32.7 Å². The molecule has 0 spiro atoms. The lowest BCUT2D eigenvalue weighted by Gasteiger charge is -2.15. The number of carbonyl (C=O) groups is 2. The number of nitrogens with one attached hydrogen (secondary N) is 2. The standard InChI is InChI=1S/C20H18ClF3N6O4S/c1-11(29-19(32)13-5-14(21)7-15(6-13)35(2,33)34)17-27-10-28-30(17)16-4-3-12(8-25-16)18(31)26-9-20(22,23)24/h3-8,10-11H,9H2,1-2H3,(H,26,31)(H,29,32)/t11-/m1/s1. The van der Waals surface area contributed by atoms with E-state index in [4.69, 9.17) is 11.6 Å². The summed E-state index contributed by atoms with van der Waals surface area (Å²) in [5.41, 5.74) is -0.0770. The SMILES string of the molecule is C[C@@H](NC(=O)c1cc(Cl)cc(S(C)(=O)=O)c1)c1ncnn1-c1ccc(C(=O)NCC(F)(F)F)cn1. The van der Waals surface area contributed by atoms with Gasteiger partial charge in [-0.2, -0.15) is 23.0 Å². The third-order valence-corrected chi connectivity index (χ3v) is 5.86. The number of aromatic nitrogens is 4. The number of hydrogen-bond donors (Lipinski definition) is 2. The number of nitrogens with zero attached hydrogens (tertiary/aromatic N) is 4. The zero-order valence-electron chi connectivity index (χ0n) is 18.2. The van der Waals surface area contributed by atoms with Gasteiger partial charge in [-0.05, 0) is 37.3 Å². The molecule has 2 N–H and O–H groups in total. The first-order chi connectivity index (χ1) is 16.2.